The topological polar surface area (TPSA) is 122 Å². The monoisotopic (exact) mass is 515 g/mol. The largest absolute Gasteiger partial charge is 0.363 e. The predicted molar refractivity (Wildman–Crippen MR) is 137 cm³/mol. The molecule has 0 aromatic carbocycles. The van der Waals surface area contributed by atoms with Crippen LogP contribution in [0.15, 0.2) is 36.7 Å². The van der Waals surface area contributed by atoms with Crippen LogP contribution in [0.3, 0.4) is 0 Å². The number of piperazine rings is 1. The van der Waals surface area contributed by atoms with Gasteiger partial charge in [0.25, 0.3) is 0 Å². The minimum Gasteiger partial charge on any atom is -0.360 e. The van der Waals surface area contributed by atoms with Gasteiger partial charge >= 0.3 is 11.6 Å². The lowest BCUT2D eigenvalue weighted by Crippen LogP contribution is -2.52. The summed E-state index contributed by atoms with van der Waals surface area (Å²) in [6.45, 7) is 4.87. The average molecular weight is 516 g/mol. The predicted octanol–water partition coefficient (Wildman–Crippen LogP) is 3.75. The number of hydrogen-bond donors (Lipinski definition) is 0. The SMILES string of the molecule is CN1CC2CCC(C1)N2c1ccc([N+](=O)[O-])nc1.CN1CC2CCC(C2)C1.O=[N+]([O-])c1ccc(F)cn1. The molecule has 4 bridgehead atoms. The van der Waals surface area contributed by atoms with Gasteiger partial charge in [-0.2, -0.15) is 0 Å². The van der Waals surface area contributed by atoms with E-state index in [4.69, 9.17) is 0 Å². The van der Waals surface area contributed by atoms with Crippen LogP contribution in [0.2, 0.25) is 0 Å². The van der Waals surface area contributed by atoms with Gasteiger partial charge in [0, 0.05) is 50.4 Å². The first-order chi connectivity index (χ1) is 17.7. The number of likely N-dealkylation sites (N-methyl/N-ethyl adjacent to an activating group) is 1. The lowest BCUT2D eigenvalue weighted by atomic mass is 10.00. The fourth-order valence-corrected chi connectivity index (χ4v) is 6.12. The molecule has 5 heterocycles. The fourth-order valence-electron chi connectivity index (χ4n) is 6.12. The van der Waals surface area contributed by atoms with Gasteiger partial charge in [-0.3, -0.25) is 0 Å². The lowest BCUT2D eigenvalue weighted by Gasteiger charge is -2.40. The second-order valence-corrected chi connectivity index (χ2v) is 10.5. The molecule has 4 unspecified atom stereocenters. The molecule has 6 rings (SSSR count). The van der Waals surface area contributed by atoms with Crippen LogP contribution in [0.25, 0.3) is 0 Å². The lowest BCUT2D eigenvalue weighted by molar-refractivity contribution is -0.389. The molecule has 0 N–H and O–H groups in total. The molecule has 2 aromatic rings. The maximum atomic E-state index is 12.1. The quantitative estimate of drug-likeness (QED) is 0.444. The van der Waals surface area contributed by atoms with Crippen LogP contribution in [0.1, 0.15) is 32.1 Å². The Kier molecular flexibility index (Phi) is 8.59. The van der Waals surface area contributed by atoms with Crippen molar-refractivity contribution >= 4 is 17.3 Å². The molecule has 0 amide bonds. The summed E-state index contributed by atoms with van der Waals surface area (Å²) in [5.74, 6) is 1.12. The van der Waals surface area contributed by atoms with Crippen molar-refractivity contribution in [2.75, 3.05) is 45.2 Å². The van der Waals surface area contributed by atoms with Crippen molar-refractivity contribution in [2.24, 2.45) is 11.8 Å². The Morgan fingerprint density at radius 2 is 1.30 bits per heavy atom. The third kappa shape index (κ3) is 6.95. The van der Waals surface area contributed by atoms with Crippen molar-refractivity contribution in [2.45, 2.75) is 44.2 Å². The van der Waals surface area contributed by atoms with Crippen molar-refractivity contribution in [1.82, 2.24) is 19.8 Å². The van der Waals surface area contributed by atoms with Crippen LogP contribution in [0, 0.1) is 37.9 Å². The van der Waals surface area contributed by atoms with Crippen LogP contribution >= 0.6 is 0 Å². The van der Waals surface area contributed by atoms with E-state index >= 15 is 0 Å². The molecule has 3 saturated heterocycles. The van der Waals surface area contributed by atoms with Gasteiger partial charge in [-0.05, 0) is 90.0 Å². The number of fused-ring (bicyclic) bond motifs is 4. The molecule has 0 spiro atoms. The highest BCUT2D eigenvalue weighted by molar-refractivity contribution is 5.50. The van der Waals surface area contributed by atoms with Crippen LogP contribution in [-0.2, 0) is 0 Å². The Labute approximate surface area is 215 Å². The van der Waals surface area contributed by atoms with Gasteiger partial charge in [0.2, 0.25) is 0 Å². The van der Waals surface area contributed by atoms with Gasteiger partial charge in [-0.1, -0.05) is 0 Å². The smallest absolute Gasteiger partial charge is 0.360 e. The number of pyridine rings is 2. The van der Waals surface area contributed by atoms with Crippen molar-refractivity contribution in [3.63, 3.8) is 0 Å². The summed E-state index contributed by atoms with van der Waals surface area (Å²) in [6.07, 6.45) is 9.39. The molecule has 1 saturated carbocycles. The maximum absolute atomic E-state index is 12.1. The summed E-state index contributed by atoms with van der Waals surface area (Å²) < 4.78 is 12.1. The number of rotatable bonds is 3. The van der Waals surface area contributed by atoms with E-state index in [-0.39, 0.29) is 11.6 Å². The summed E-state index contributed by atoms with van der Waals surface area (Å²) in [4.78, 5) is 33.7. The first-order valence-electron chi connectivity index (χ1n) is 12.7. The van der Waals surface area contributed by atoms with Gasteiger partial charge in [-0.15, -0.1) is 0 Å². The van der Waals surface area contributed by atoms with E-state index < -0.39 is 15.7 Å². The normalized spacial score (nSPS) is 26.5. The van der Waals surface area contributed by atoms with Gasteiger partial charge in [0.15, 0.2) is 18.2 Å². The number of nitro groups is 2. The van der Waals surface area contributed by atoms with E-state index in [1.54, 1.807) is 6.20 Å². The number of aromatic nitrogens is 2. The molecule has 4 fully saturated rings. The van der Waals surface area contributed by atoms with E-state index in [1.807, 2.05) is 6.07 Å². The van der Waals surface area contributed by atoms with Crippen LogP contribution in [0.5, 0.6) is 0 Å². The molecule has 0 radical (unpaired) electrons. The summed E-state index contributed by atoms with van der Waals surface area (Å²) in [7, 11) is 4.40. The average Bonchev–Trinajstić information content (AvgIpc) is 3.35. The van der Waals surface area contributed by atoms with Crippen LogP contribution in [-0.4, -0.2) is 82.0 Å². The van der Waals surface area contributed by atoms with E-state index in [0.29, 0.717) is 12.1 Å². The third-order valence-electron chi connectivity index (χ3n) is 7.57. The van der Waals surface area contributed by atoms with E-state index in [1.165, 1.54) is 51.3 Å². The zero-order valence-corrected chi connectivity index (χ0v) is 21.3. The van der Waals surface area contributed by atoms with E-state index in [9.17, 15) is 24.6 Å². The number of hydrogen-bond acceptors (Lipinski definition) is 9. The van der Waals surface area contributed by atoms with Crippen molar-refractivity contribution in [3.8, 4) is 0 Å². The second-order valence-electron chi connectivity index (χ2n) is 10.5. The number of anilines is 1. The summed E-state index contributed by atoms with van der Waals surface area (Å²) in [5.41, 5.74) is 1.02. The molecule has 4 aliphatic rings. The first kappa shape index (κ1) is 26.8. The molecule has 200 valence electrons. The Morgan fingerprint density at radius 1 is 0.784 bits per heavy atom. The van der Waals surface area contributed by atoms with Gasteiger partial charge < -0.3 is 34.9 Å². The highest BCUT2D eigenvalue weighted by atomic mass is 19.1. The molecule has 4 atom stereocenters. The van der Waals surface area contributed by atoms with Crippen molar-refractivity contribution in [1.29, 1.82) is 0 Å². The Hall–Kier alpha value is -3.25. The summed E-state index contributed by atoms with van der Waals surface area (Å²) in [6, 6.07) is 6.36. The molecule has 2 aromatic heterocycles. The van der Waals surface area contributed by atoms with Gasteiger partial charge in [0.05, 0.1) is 5.69 Å². The summed E-state index contributed by atoms with van der Waals surface area (Å²) >= 11 is 0. The van der Waals surface area contributed by atoms with E-state index in [2.05, 4.69) is 38.8 Å². The molecule has 1 aliphatic carbocycles. The molecular weight excluding hydrogens is 481 g/mol. The Balaban J connectivity index is 0.000000142. The maximum Gasteiger partial charge on any atom is 0.363 e. The van der Waals surface area contributed by atoms with E-state index in [0.717, 1.165) is 48.9 Å². The number of halogens is 1. The Bertz CT molecular complexity index is 1050. The molecule has 11 nitrogen and oxygen atoms in total. The minimum atomic E-state index is -0.681. The standard InChI is InChI=1S/C12H16N4O2.C8H15N.C5H3FN2O2/c1-14-7-10-2-3-11(8-14)15(10)9-4-5-12(13-6-9)16(17)18;1-9-5-7-2-3-8(4-7)6-9;6-4-1-2-5(7-3-4)8(9)10/h4-6,10-11H,2-3,7-8H2,1H3;7-8H,2-6H2,1H3;1-3H. The molecule has 3 aliphatic heterocycles. The summed E-state index contributed by atoms with van der Waals surface area (Å²) in [5, 5.41) is 20.5. The third-order valence-corrected chi connectivity index (χ3v) is 7.57. The zero-order chi connectivity index (χ0) is 26.5. The van der Waals surface area contributed by atoms with Crippen LogP contribution < -0.4 is 4.90 Å². The van der Waals surface area contributed by atoms with Crippen molar-refractivity contribution in [3.05, 3.63) is 62.7 Å². The number of nitrogens with zero attached hydrogens (tertiary/aromatic N) is 7. The highest BCUT2D eigenvalue weighted by Gasteiger charge is 2.39. The van der Waals surface area contributed by atoms with Gasteiger partial charge in [-0.25, -0.2) is 4.39 Å². The number of likely N-dealkylation sites (tertiary alicyclic amines) is 2. The molecule has 12 heteroatoms. The molecule has 37 heavy (non-hydrogen) atoms. The highest BCUT2D eigenvalue weighted by Crippen LogP contribution is 2.36. The fraction of sp³-hybridized carbons (Fsp3) is 0.600. The van der Waals surface area contributed by atoms with Gasteiger partial charge in [0.1, 0.15) is 0 Å². The van der Waals surface area contributed by atoms with Crippen LogP contribution in [0.4, 0.5) is 21.7 Å². The van der Waals surface area contributed by atoms with Crippen molar-refractivity contribution < 1.29 is 14.2 Å². The Morgan fingerprint density at radius 3 is 1.76 bits per heavy atom. The number of piperidine rings is 1. The zero-order valence-electron chi connectivity index (χ0n) is 21.3. The molecular formula is C25H34FN7O4. The second kappa shape index (κ2) is 11.9. The minimum absolute atomic E-state index is 0.0831. The first-order valence-corrected chi connectivity index (χ1v) is 12.7.